The van der Waals surface area contributed by atoms with E-state index in [0.29, 0.717) is 45.3 Å². The number of nitrogens with two attached hydrogens (primary N) is 2. The van der Waals surface area contributed by atoms with Gasteiger partial charge in [-0.2, -0.15) is 0 Å². The zero-order valence-electron chi connectivity index (χ0n) is 25.6. The standard InChI is InChI=1S/C37H42N4O4/c38-19-6-11-31-24-40(20-18-28-12-15-29-9-4-5-10-30(29)21-28)35(43)25-41(31)37(45)34(23-26-7-2-1-3-8-26)33(36(39)44)22-27-13-16-32(42)17-14-27/h1-5,7-10,12-17,21,31,33-34,42H,6,11,18-20,22-25,38H2,(H2,39,44). The highest BCUT2D eigenvalue weighted by molar-refractivity contribution is 5.91. The fourth-order valence-corrected chi connectivity index (χ4v) is 6.37. The van der Waals surface area contributed by atoms with E-state index in [1.54, 1.807) is 29.2 Å². The van der Waals surface area contributed by atoms with Crippen molar-refractivity contribution in [2.45, 2.75) is 38.1 Å². The van der Waals surface area contributed by atoms with E-state index in [9.17, 15) is 19.5 Å². The summed E-state index contributed by atoms with van der Waals surface area (Å²) in [6.07, 6.45) is 2.62. The molecule has 1 aliphatic rings. The molecule has 0 radical (unpaired) electrons. The van der Waals surface area contributed by atoms with Gasteiger partial charge in [-0.05, 0) is 78.2 Å². The lowest BCUT2D eigenvalue weighted by Crippen LogP contribution is -2.60. The van der Waals surface area contributed by atoms with Gasteiger partial charge < -0.3 is 26.4 Å². The van der Waals surface area contributed by atoms with Crippen molar-refractivity contribution in [3.8, 4) is 5.75 Å². The number of rotatable bonds is 13. The molecule has 8 heteroatoms. The second kappa shape index (κ2) is 14.9. The smallest absolute Gasteiger partial charge is 0.242 e. The molecule has 8 nitrogen and oxygen atoms in total. The zero-order chi connectivity index (χ0) is 31.8. The van der Waals surface area contributed by atoms with Crippen LogP contribution in [0.3, 0.4) is 0 Å². The van der Waals surface area contributed by atoms with Crippen molar-refractivity contribution in [2.75, 3.05) is 26.2 Å². The maximum absolute atomic E-state index is 14.5. The first-order valence-corrected chi connectivity index (χ1v) is 15.7. The van der Waals surface area contributed by atoms with Gasteiger partial charge in [0, 0.05) is 19.1 Å². The summed E-state index contributed by atoms with van der Waals surface area (Å²) in [5.74, 6) is -2.39. The molecule has 234 valence electrons. The topological polar surface area (TPSA) is 130 Å². The number of hydrogen-bond acceptors (Lipinski definition) is 5. The van der Waals surface area contributed by atoms with Crippen LogP contribution in [0.15, 0.2) is 97.1 Å². The zero-order valence-corrected chi connectivity index (χ0v) is 25.6. The van der Waals surface area contributed by atoms with Crippen LogP contribution in [0, 0.1) is 11.8 Å². The molecule has 5 N–H and O–H groups in total. The quantitative estimate of drug-likeness (QED) is 0.211. The Balaban J connectivity index is 1.37. The van der Waals surface area contributed by atoms with Crippen molar-refractivity contribution in [3.63, 3.8) is 0 Å². The number of primary amides is 1. The predicted molar refractivity (Wildman–Crippen MR) is 176 cm³/mol. The van der Waals surface area contributed by atoms with Crippen LogP contribution in [0.4, 0.5) is 0 Å². The summed E-state index contributed by atoms with van der Waals surface area (Å²) in [6.45, 7) is 1.38. The highest BCUT2D eigenvalue weighted by Crippen LogP contribution is 2.28. The summed E-state index contributed by atoms with van der Waals surface area (Å²) in [5.41, 5.74) is 14.7. The van der Waals surface area contributed by atoms with Crippen LogP contribution in [0.1, 0.15) is 29.5 Å². The number of fused-ring (bicyclic) bond motifs is 1. The lowest BCUT2D eigenvalue weighted by atomic mass is 9.80. The number of piperazine rings is 1. The lowest BCUT2D eigenvalue weighted by molar-refractivity contribution is -0.153. The van der Waals surface area contributed by atoms with Crippen LogP contribution in [0.5, 0.6) is 5.75 Å². The van der Waals surface area contributed by atoms with E-state index in [4.69, 9.17) is 11.5 Å². The van der Waals surface area contributed by atoms with E-state index in [1.807, 2.05) is 47.4 Å². The molecule has 45 heavy (non-hydrogen) atoms. The molecule has 1 aliphatic heterocycles. The second-order valence-electron chi connectivity index (χ2n) is 12.0. The molecule has 0 bridgehead atoms. The molecular weight excluding hydrogens is 564 g/mol. The summed E-state index contributed by atoms with van der Waals surface area (Å²) in [4.78, 5) is 44.6. The Hall–Kier alpha value is -4.69. The highest BCUT2D eigenvalue weighted by atomic mass is 16.3. The minimum atomic E-state index is -0.807. The van der Waals surface area contributed by atoms with E-state index in [2.05, 4.69) is 30.3 Å². The summed E-state index contributed by atoms with van der Waals surface area (Å²) in [5, 5.41) is 12.1. The maximum atomic E-state index is 14.5. The SMILES string of the molecule is NCCCC1CN(CCc2ccc3ccccc3c2)C(=O)CN1C(=O)C(Cc1ccccc1)C(Cc1ccc(O)cc1)C(N)=O. The number of carbonyl (C=O) groups is 3. The van der Waals surface area contributed by atoms with Gasteiger partial charge in [0.25, 0.3) is 0 Å². The van der Waals surface area contributed by atoms with Gasteiger partial charge in [-0.3, -0.25) is 14.4 Å². The van der Waals surface area contributed by atoms with Gasteiger partial charge >= 0.3 is 0 Å². The van der Waals surface area contributed by atoms with Crippen molar-refractivity contribution >= 4 is 28.5 Å². The molecule has 1 saturated heterocycles. The summed E-state index contributed by atoms with van der Waals surface area (Å²) in [6, 6.07) is 30.5. The van der Waals surface area contributed by atoms with E-state index in [-0.39, 0.29) is 36.6 Å². The molecular formula is C37H42N4O4. The number of hydrogen-bond donors (Lipinski definition) is 3. The first kappa shape index (κ1) is 31.7. The Labute approximate surface area is 264 Å². The molecule has 4 aromatic rings. The minimum absolute atomic E-state index is 0.0538. The third-order valence-electron chi connectivity index (χ3n) is 8.90. The number of phenolic OH excluding ortho intramolecular Hbond substituents is 1. The molecule has 0 aromatic heterocycles. The van der Waals surface area contributed by atoms with Crippen molar-refractivity contribution in [1.82, 2.24) is 9.80 Å². The first-order chi connectivity index (χ1) is 21.8. The third-order valence-corrected chi connectivity index (χ3v) is 8.90. The number of nitrogens with zero attached hydrogens (tertiary/aromatic N) is 2. The molecule has 0 saturated carbocycles. The van der Waals surface area contributed by atoms with E-state index in [0.717, 1.165) is 16.7 Å². The van der Waals surface area contributed by atoms with Crippen LogP contribution in [0.25, 0.3) is 10.8 Å². The monoisotopic (exact) mass is 606 g/mol. The Morgan fingerprint density at radius 1 is 0.822 bits per heavy atom. The van der Waals surface area contributed by atoms with Crippen LogP contribution in [-0.2, 0) is 33.6 Å². The van der Waals surface area contributed by atoms with Crippen molar-refractivity contribution in [2.24, 2.45) is 23.3 Å². The van der Waals surface area contributed by atoms with Crippen LogP contribution >= 0.6 is 0 Å². The van der Waals surface area contributed by atoms with Gasteiger partial charge in [0.15, 0.2) is 0 Å². The Bertz CT molecular complexity index is 1610. The van der Waals surface area contributed by atoms with Gasteiger partial charge in [-0.15, -0.1) is 0 Å². The van der Waals surface area contributed by atoms with Crippen molar-refractivity contribution in [1.29, 1.82) is 0 Å². The lowest BCUT2D eigenvalue weighted by Gasteiger charge is -2.43. The summed E-state index contributed by atoms with van der Waals surface area (Å²) >= 11 is 0. The molecule has 3 atom stereocenters. The maximum Gasteiger partial charge on any atom is 0.242 e. The number of aromatic hydroxyl groups is 1. The number of amides is 3. The molecule has 0 aliphatic carbocycles. The van der Waals surface area contributed by atoms with Crippen LogP contribution < -0.4 is 11.5 Å². The Morgan fingerprint density at radius 3 is 2.18 bits per heavy atom. The van der Waals surface area contributed by atoms with Gasteiger partial charge in [-0.25, -0.2) is 0 Å². The molecule has 1 fully saturated rings. The van der Waals surface area contributed by atoms with Crippen molar-refractivity contribution in [3.05, 3.63) is 114 Å². The minimum Gasteiger partial charge on any atom is -0.508 e. The van der Waals surface area contributed by atoms with Crippen LogP contribution in [0.2, 0.25) is 0 Å². The Kier molecular flexibility index (Phi) is 10.5. The van der Waals surface area contributed by atoms with Gasteiger partial charge in [0.05, 0.1) is 11.8 Å². The molecule has 3 unspecified atom stereocenters. The van der Waals surface area contributed by atoms with E-state index in [1.165, 1.54) is 10.8 Å². The van der Waals surface area contributed by atoms with Gasteiger partial charge in [-0.1, -0.05) is 84.9 Å². The second-order valence-corrected chi connectivity index (χ2v) is 12.0. The molecule has 0 spiro atoms. The summed E-state index contributed by atoms with van der Waals surface area (Å²) < 4.78 is 0. The fourth-order valence-electron chi connectivity index (χ4n) is 6.37. The van der Waals surface area contributed by atoms with E-state index >= 15 is 0 Å². The first-order valence-electron chi connectivity index (χ1n) is 15.7. The normalized spacial score (nSPS) is 16.5. The van der Waals surface area contributed by atoms with Crippen molar-refractivity contribution < 1.29 is 19.5 Å². The van der Waals surface area contributed by atoms with Gasteiger partial charge in [0.2, 0.25) is 17.7 Å². The average molecular weight is 607 g/mol. The molecule has 5 rings (SSSR count). The average Bonchev–Trinajstić information content (AvgIpc) is 3.05. The third kappa shape index (κ3) is 8.08. The fraction of sp³-hybridized carbons (Fsp3) is 0.324. The van der Waals surface area contributed by atoms with Crippen LogP contribution in [-0.4, -0.2) is 64.8 Å². The van der Waals surface area contributed by atoms with E-state index < -0.39 is 17.7 Å². The Morgan fingerprint density at radius 2 is 1.47 bits per heavy atom. The molecule has 1 heterocycles. The molecule has 4 aromatic carbocycles. The number of benzene rings is 4. The predicted octanol–water partition coefficient (Wildman–Crippen LogP) is 4.07. The van der Waals surface area contributed by atoms with Gasteiger partial charge in [0.1, 0.15) is 12.3 Å². The molecule has 3 amide bonds. The highest BCUT2D eigenvalue weighted by Gasteiger charge is 2.41. The number of carbonyl (C=O) groups excluding carboxylic acids is 3. The number of phenols is 1. The largest absolute Gasteiger partial charge is 0.508 e. The summed E-state index contributed by atoms with van der Waals surface area (Å²) in [7, 11) is 0.